The third-order valence-corrected chi connectivity index (χ3v) is 4.97. The molecule has 5 rings (SSSR count). The summed E-state index contributed by atoms with van der Waals surface area (Å²) in [7, 11) is 0. The van der Waals surface area contributed by atoms with Crippen LogP contribution in [0.5, 0.6) is 11.5 Å². The van der Waals surface area contributed by atoms with Crippen molar-refractivity contribution in [1.29, 1.82) is 0 Å². The van der Waals surface area contributed by atoms with E-state index < -0.39 is 0 Å². The largest absolute Gasteiger partial charge is 0.457 e. The molecule has 5 aromatic carbocycles. The van der Waals surface area contributed by atoms with Gasteiger partial charge in [-0.25, -0.2) is 0 Å². The summed E-state index contributed by atoms with van der Waals surface area (Å²) in [5.41, 5.74) is 2.03. The SMILES string of the molecule is C(=Nc1ccc(Oc2ccccc2)cc1)c1c2ccccc2cc2ccccc12. The van der Waals surface area contributed by atoms with Crippen molar-refractivity contribution in [3.63, 3.8) is 0 Å². The van der Waals surface area contributed by atoms with Crippen LogP contribution in [0.15, 0.2) is 114 Å². The summed E-state index contributed by atoms with van der Waals surface area (Å²) in [6.07, 6.45) is 1.97. The number of benzene rings is 5. The van der Waals surface area contributed by atoms with E-state index in [2.05, 4.69) is 54.6 Å². The molecule has 0 heterocycles. The molecule has 0 bridgehead atoms. The van der Waals surface area contributed by atoms with Gasteiger partial charge in [0.2, 0.25) is 0 Å². The van der Waals surface area contributed by atoms with Crippen LogP contribution in [0.3, 0.4) is 0 Å². The van der Waals surface area contributed by atoms with Crippen molar-refractivity contribution in [2.75, 3.05) is 0 Å². The van der Waals surface area contributed by atoms with E-state index in [0.717, 1.165) is 22.7 Å². The Morgan fingerprint density at radius 2 is 1.10 bits per heavy atom. The van der Waals surface area contributed by atoms with Gasteiger partial charge >= 0.3 is 0 Å². The molecule has 0 N–H and O–H groups in total. The third kappa shape index (κ3) is 3.61. The van der Waals surface area contributed by atoms with Gasteiger partial charge in [-0.15, -0.1) is 0 Å². The molecule has 0 aliphatic carbocycles. The molecule has 0 unspecified atom stereocenters. The number of para-hydroxylation sites is 1. The van der Waals surface area contributed by atoms with E-state index >= 15 is 0 Å². The molecule has 0 spiro atoms. The Labute approximate surface area is 169 Å². The van der Waals surface area contributed by atoms with Crippen LogP contribution < -0.4 is 4.74 Å². The molecule has 0 radical (unpaired) electrons. The number of hydrogen-bond acceptors (Lipinski definition) is 2. The Morgan fingerprint density at radius 3 is 1.76 bits per heavy atom. The first kappa shape index (κ1) is 17.2. The molecule has 0 atom stereocenters. The lowest BCUT2D eigenvalue weighted by Gasteiger charge is -2.08. The van der Waals surface area contributed by atoms with Gasteiger partial charge in [0.25, 0.3) is 0 Å². The summed E-state index contributed by atoms with van der Waals surface area (Å²) in [5.74, 6) is 1.62. The van der Waals surface area contributed by atoms with Crippen molar-refractivity contribution in [3.8, 4) is 11.5 Å². The van der Waals surface area contributed by atoms with E-state index in [0.29, 0.717) is 0 Å². The van der Waals surface area contributed by atoms with E-state index in [1.165, 1.54) is 21.5 Å². The summed E-state index contributed by atoms with van der Waals surface area (Å²) < 4.78 is 5.86. The van der Waals surface area contributed by atoms with Crippen LogP contribution in [0.1, 0.15) is 5.56 Å². The highest BCUT2D eigenvalue weighted by Crippen LogP contribution is 2.28. The fourth-order valence-electron chi connectivity index (χ4n) is 3.55. The number of fused-ring (bicyclic) bond motifs is 2. The predicted molar refractivity (Wildman–Crippen MR) is 122 cm³/mol. The highest BCUT2D eigenvalue weighted by Gasteiger charge is 2.05. The number of nitrogens with zero attached hydrogens (tertiary/aromatic N) is 1. The molecule has 29 heavy (non-hydrogen) atoms. The van der Waals surface area contributed by atoms with Gasteiger partial charge in [-0.1, -0.05) is 66.7 Å². The summed E-state index contributed by atoms with van der Waals surface area (Å²) in [4.78, 5) is 4.74. The van der Waals surface area contributed by atoms with Crippen LogP contribution in [0, 0.1) is 0 Å². The van der Waals surface area contributed by atoms with Gasteiger partial charge in [-0.05, 0) is 64.0 Å². The quantitative estimate of drug-likeness (QED) is 0.235. The second-order valence-corrected chi connectivity index (χ2v) is 6.90. The van der Waals surface area contributed by atoms with Crippen LogP contribution in [-0.2, 0) is 0 Å². The molecule has 5 aromatic rings. The lowest BCUT2D eigenvalue weighted by molar-refractivity contribution is 0.483. The molecule has 0 aliphatic rings. The Hall–Kier alpha value is -3.91. The average molecular weight is 373 g/mol. The number of hydrogen-bond donors (Lipinski definition) is 0. The van der Waals surface area contributed by atoms with Crippen LogP contribution >= 0.6 is 0 Å². The first-order valence-electron chi connectivity index (χ1n) is 9.64. The van der Waals surface area contributed by atoms with Crippen LogP contribution in [0.2, 0.25) is 0 Å². The van der Waals surface area contributed by atoms with Gasteiger partial charge < -0.3 is 4.74 Å². The highest BCUT2D eigenvalue weighted by atomic mass is 16.5. The lowest BCUT2D eigenvalue weighted by Crippen LogP contribution is -1.88. The molecule has 0 saturated heterocycles. The molecular weight excluding hydrogens is 354 g/mol. The Bertz CT molecular complexity index is 1250. The maximum Gasteiger partial charge on any atom is 0.127 e. The zero-order valence-electron chi connectivity index (χ0n) is 15.8. The second-order valence-electron chi connectivity index (χ2n) is 6.90. The summed E-state index contributed by atoms with van der Waals surface area (Å²) in [6, 6.07) is 36.7. The second kappa shape index (κ2) is 7.61. The average Bonchev–Trinajstić information content (AvgIpc) is 2.78. The van der Waals surface area contributed by atoms with Gasteiger partial charge in [0.15, 0.2) is 0 Å². The number of rotatable bonds is 4. The monoisotopic (exact) mass is 373 g/mol. The van der Waals surface area contributed by atoms with Crippen molar-refractivity contribution >= 4 is 33.4 Å². The van der Waals surface area contributed by atoms with Crippen LogP contribution in [0.25, 0.3) is 21.5 Å². The van der Waals surface area contributed by atoms with E-state index in [-0.39, 0.29) is 0 Å². The van der Waals surface area contributed by atoms with Gasteiger partial charge in [-0.2, -0.15) is 0 Å². The molecule has 2 heteroatoms. The summed E-state index contributed by atoms with van der Waals surface area (Å²) in [5, 5.41) is 4.86. The van der Waals surface area contributed by atoms with Gasteiger partial charge in [0.05, 0.1) is 5.69 Å². The summed E-state index contributed by atoms with van der Waals surface area (Å²) in [6.45, 7) is 0. The molecular formula is C27H19NO. The van der Waals surface area contributed by atoms with E-state index in [9.17, 15) is 0 Å². The van der Waals surface area contributed by atoms with E-state index in [4.69, 9.17) is 9.73 Å². The number of aliphatic imine (C=N–C) groups is 1. The van der Waals surface area contributed by atoms with Crippen LogP contribution in [-0.4, -0.2) is 6.21 Å². The molecule has 0 aliphatic heterocycles. The lowest BCUT2D eigenvalue weighted by atomic mass is 9.97. The van der Waals surface area contributed by atoms with E-state index in [1.807, 2.05) is 60.8 Å². The van der Waals surface area contributed by atoms with Crippen molar-refractivity contribution in [2.45, 2.75) is 0 Å². The topological polar surface area (TPSA) is 21.6 Å². The molecule has 138 valence electrons. The van der Waals surface area contributed by atoms with Crippen LogP contribution in [0.4, 0.5) is 5.69 Å². The Kier molecular flexibility index (Phi) is 4.51. The predicted octanol–water partition coefficient (Wildman–Crippen LogP) is 7.54. The smallest absolute Gasteiger partial charge is 0.127 e. The fraction of sp³-hybridized carbons (Fsp3) is 0. The van der Waals surface area contributed by atoms with Gasteiger partial charge in [0, 0.05) is 11.8 Å². The highest BCUT2D eigenvalue weighted by molar-refractivity contribution is 6.13. The molecule has 0 aromatic heterocycles. The standard InChI is InChI=1S/C27H19NO/c1-2-10-23(11-3-1)29-24-16-14-22(15-17-24)28-19-27-25-12-6-4-8-20(25)18-21-9-5-7-13-26(21)27/h1-19H. The van der Waals surface area contributed by atoms with Gasteiger partial charge in [-0.3, -0.25) is 4.99 Å². The van der Waals surface area contributed by atoms with Crippen molar-refractivity contribution in [2.24, 2.45) is 4.99 Å². The third-order valence-electron chi connectivity index (χ3n) is 4.97. The maximum atomic E-state index is 5.86. The van der Waals surface area contributed by atoms with Gasteiger partial charge in [0.1, 0.15) is 11.5 Å². The zero-order valence-corrected chi connectivity index (χ0v) is 15.8. The molecule has 0 amide bonds. The van der Waals surface area contributed by atoms with Crippen molar-refractivity contribution < 1.29 is 4.74 Å². The molecule has 0 saturated carbocycles. The number of ether oxygens (including phenoxy) is 1. The first-order valence-corrected chi connectivity index (χ1v) is 9.64. The van der Waals surface area contributed by atoms with Crippen molar-refractivity contribution in [1.82, 2.24) is 0 Å². The molecule has 0 fully saturated rings. The minimum atomic E-state index is 0.797. The minimum Gasteiger partial charge on any atom is -0.457 e. The Balaban J connectivity index is 1.48. The normalized spacial score (nSPS) is 11.3. The van der Waals surface area contributed by atoms with E-state index in [1.54, 1.807) is 0 Å². The summed E-state index contributed by atoms with van der Waals surface area (Å²) >= 11 is 0. The van der Waals surface area contributed by atoms with Crippen molar-refractivity contribution in [3.05, 3.63) is 115 Å². The Morgan fingerprint density at radius 1 is 0.552 bits per heavy atom. The first-order chi connectivity index (χ1) is 14.4. The maximum absolute atomic E-state index is 5.86. The fourth-order valence-corrected chi connectivity index (χ4v) is 3.55. The minimum absolute atomic E-state index is 0.797. The zero-order chi connectivity index (χ0) is 19.5. The molecule has 2 nitrogen and oxygen atoms in total.